The van der Waals surface area contributed by atoms with Crippen LogP contribution in [0, 0.1) is 0 Å². The fourth-order valence-electron chi connectivity index (χ4n) is 1.81. The molecule has 0 saturated carbocycles. The van der Waals surface area contributed by atoms with Gasteiger partial charge in [0, 0.05) is 17.6 Å². The Morgan fingerprint density at radius 1 is 1.43 bits per heavy atom. The van der Waals surface area contributed by atoms with Crippen molar-refractivity contribution in [2.45, 2.75) is 12.5 Å². The first-order valence-electron chi connectivity index (χ1n) is 6.57. The van der Waals surface area contributed by atoms with Crippen molar-refractivity contribution in [1.82, 2.24) is 5.32 Å². The van der Waals surface area contributed by atoms with Crippen molar-refractivity contribution in [1.29, 1.82) is 0 Å². The quantitative estimate of drug-likeness (QED) is 0.798. The highest BCUT2D eigenvalue weighted by Crippen LogP contribution is 2.19. The first-order chi connectivity index (χ1) is 10.1. The van der Waals surface area contributed by atoms with E-state index in [1.807, 2.05) is 22.9 Å². The highest BCUT2D eigenvalue weighted by atomic mass is 35.5. The van der Waals surface area contributed by atoms with Crippen molar-refractivity contribution < 1.29 is 9.90 Å². The second-order valence-electron chi connectivity index (χ2n) is 4.54. The Morgan fingerprint density at radius 2 is 2.29 bits per heavy atom. The van der Waals surface area contributed by atoms with E-state index in [-0.39, 0.29) is 5.91 Å². The monoisotopic (exact) mass is 321 g/mol. The van der Waals surface area contributed by atoms with E-state index in [9.17, 15) is 9.90 Å². The maximum absolute atomic E-state index is 11.6. The Kier molecular flexibility index (Phi) is 5.99. The van der Waals surface area contributed by atoms with Gasteiger partial charge >= 0.3 is 0 Å². The molecule has 2 N–H and O–H groups in total. The van der Waals surface area contributed by atoms with Crippen LogP contribution in [0.3, 0.4) is 0 Å². The summed E-state index contributed by atoms with van der Waals surface area (Å²) in [6, 6.07) is 9.04. The van der Waals surface area contributed by atoms with Crippen LogP contribution in [0.5, 0.6) is 0 Å². The van der Waals surface area contributed by atoms with E-state index in [0.717, 1.165) is 11.1 Å². The molecule has 0 aliphatic heterocycles. The Balaban J connectivity index is 1.75. The zero-order valence-electron chi connectivity index (χ0n) is 11.3. The summed E-state index contributed by atoms with van der Waals surface area (Å²) in [7, 11) is 0. The number of thiophene rings is 1. The zero-order chi connectivity index (χ0) is 15.1. The second-order valence-corrected chi connectivity index (χ2v) is 5.76. The molecule has 0 fully saturated rings. The number of carbonyl (C=O) groups is 1. The van der Waals surface area contributed by atoms with E-state index >= 15 is 0 Å². The van der Waals surface area contributed by atoms with Crippen molar-refractivity contribution in [3.8, 4) is 0 Å². The lowest BCUT2D eigenvalue weighted by atomic mass is 10.1. The van der Waals surface area contributed by atoms with Crippen molar-refractivity contribution in [2.24, 2.45) is 0 Å². The summed E-state index contributed by atoms with van der Waals surface area (Å²) in [4.78, 5) is 11.6. The number of carbonyl (C=O) groups excluding carboxylic acids is 1. The first-order valence-corrected chi connectivity index (χ1v) is 7.89. The fourth-order valence-corrected chi connectivity index (χ4v) is 2.64. The minimum atomic E-state index is -0.634. The molecule has 5 heteroatoms. The molecule has 1 amide bonds. The van der Waals surface area contributed by atoms with E-state index in [0.29, 0.717) is 18.0 Å². The Labute approximate surface area is 132 Å². The highest BCUT2D eigenvalue weighted by Gasteiger charge is 2.08. The summed E-state index contributed by atoms with van der Waals surface area (Å²) in [6.45, 7) is 0.403. The number of hydrogen-bond donors (Lipinski definition) is 2. The van der Waals surface area contributed by atoms with Crippen LogP contribution in [0.1, 0.15) is 23.7 Å². The van der Waals surface area contributed by atoms with E-state index in [1.165, 1.54) is 6.08 Å². The average Bonchev–Trinajstić information content (AvgIpc) is 2.98. The number of halogens is 1. The lowest BCUT2D eigenvalue weighted by Gasteiger charge is -2.11. The number of aliphatic hydroxyl groups is 1. The molecule has 3 nitrogen and oxygen atoms in total. The molecular weight excluding hydrogens is 306 g/mol. The van der Waals surface area contributed by atoms with E-state index in [1.54, 1.807) is 35.6 Å². The smallest absolute Gasteiger partial charge is 0.244 e. The van der Waals surface area contributed by atoms with Crippen molar-refractivity contribution in [3.63, 3.8) is 0 Å². The van der Waals surface area contributed by atoms with Gasteiger partial charge in [0.25, 0.3) is 0 Å². The fraction of sp³-hybridized carbons (Fsp3) is 0.188. The summed E-state index contributed by atoms with van der Waals surface area (Å²) in [5.41, 5.74) is 1.76. The molecule has 0 radical (unpaired) electrons. The van der Waals surface area contributed by atoms with Gasteiger partial charge in [0.1, 0.15) is 0 Å². The molecule has 0 spiro atoms. The van der Waals surface area contributed by atoms with Gasteiger partial charge in [-0.25, -0.2) is 0 Å². The van der Waals surface area contributed by atoms with Crippen LogP contribution in [0.25, 0.3) is 6.08 Å². The lowest BCUT2D eigenvalue weighted by molar-refractivity contribution is -0.116. The van der Waals surface area contributed by atoms with Crippen LogP contribution in [0.2, 0.25) is 5.02 Å². The summed E-state index contributed by atoms with van der Waals surface area (Å²) in [5, 5.41) is 17.3. The maximum atomic E-state index is 11.6. The van der Waals surface area contributed by atoms with Gasteiger partial charge in [0.05, 0.1) is 6.10 Å². The summed E-state index contributed by atoms with van der Waals surface area (Å²) < 4.78 is 0. The van der Waals surface area contributed by atoms with Crippen LogP contribution < -0.4 is 5.32 Å². The van der Waals surface area contributed by atoms with E-state index in [4.69, 9.17) is 11.6 Å². The van der Waals surface area contributed by atoms with Gasteiger partial charge in [-0.1, -0.05) is 23.7 Å². The lowest BCUT2D eigenvalue weighted by Crippen LogP contribution is -2.23. The number of hydrogen-bond acceptors (Lipinski definition) is 3. The number of nitrogens with one attached hydrogen (secondary N) is 1. The average molecular weight is 322 g/mol. The molecule has 0 saturated heterocycles. The van der Waals surface area contributed by atoms with Gasteiger partial charge in [-0.05, 0) is 52.6 Å². The van der Waals surface area contributed by atoms with Gasteiger partial charge < -0.3 is 10.4 Å². The topological polar surface area (TPSA) is 49.3 Å². The van der Waals surface area contributed by atoms with Crippen molar-refractivity contribution in [2.75, 3.05) is 6.54 Å². The Morgan fingerprint density at radius 3 is 3.00 bits per heavy atom. The van der Waals surface area contributed by atoms with Crippen LogP contribution in [-0.4, -0.2) is 17.6 Å². The van der Waals surface area contributed by atoms with Crippen LogP contribution in [0.15, 0.2) is 47.2 Å². The van der Waals surface area contributed by atoms with Gasteiger partial charge in [0.2, 0.25) is 5.91 Å². The largest absolute Gasteiger partial charge is 0.388 e. The van der Waals surface area contributed by atoms with Crippen molar-refractivity contribution >= 4 is 34.9 Å². The predicted molar refractivity (Wildman–Crippen MR) is 87.4 cm³/mol. The molecule has 0 bridgehead atoms. The molecule has 1 atom stereocenters. The molecule has 1 aromatic carbocycles. The minimum Gasteiger partial charge on any atom is -0.388 e. The van der Waals surface area contributed by atoms with Crippen LogP contribution in [0.4, 0.5) is 0 Å². The molecule has 2 rings (SSSR count). The number of amides is 1. The molecule has 1 heterocycles. The Hall–Kier alpha value is -1.62. The van der Waals surface area contributed by atoms with Crippen LogP contribution >= 0.6 is 22.9 Å². The molecule has 110 valence electrons. The van der Waals surface area contributed by atoms with Gasteiger partial charge in [-0.3, -0.25) is 4.79 Å². The number of rotatable bonds is 6. The maximum Gasteiger partial charge on any atom is 0.244 e. The van der Waals surface area contributed by atoms with E-state index < -0.39 is 6.10 Å². The van der Waals surface area contributed by atoms with E-state index in [2.05, 4.69) is 5.32 Å². The normalized spacial score (nSPS) is 12.5. The van der Waals surface area contributed by atoms with Gasteiger partial charge in [-0.15, -0.1) is 0 Å². The third-order valence-corrected chi connectivity index (χ3v) is 3.86. The number of benzene rings is 1. The third kappa shape index (κ3) is 5.34. The summed E-state index contributed by atoms with van der Waals surface area (Å²) in [5.74, 6) is -0.167. The standard InChI is InChI=1S/C16H16ClNO2S/c17-14-3-1-2-13(10-14)15(19)6-8-18-16(20)5-4-12-7-9-21-11-12/h1-5,7,9-11,15,19H,6,8H2,(H,18,20)/b5-4+. The minimum absolute atomic E-state index is 0.167. The van der Waals surface area contributed by atoms with Crippen LogP contribution in [-0.2, 0) is 4.79 Å². The predicted octanol–water partition coefficient (Wildman–Crippen LogP) is 3.65. The van der Waals surface area contributed by atoms with Gasteiger partial charge in [0.15, 0.2) is 0 Å². The zero-order valence-corrected chi connectivity index (χ0v) is 12.9. The molecule has 1 unspecified atom stereocenters. The third-order valence-electron chi connectivity index (χ3n) is 2.92. The van der Waals surface area contributed by atoms with Crippen molar-refractivity contribution in [3.05, 3.63) is 63.3 Å². The van der Waals surface area contributed by atoms with Gasteiger partial charge in [-0.2, -0.15) is 11.3 Å². The number of aliphatic hydroxyl groups excluding tert-OH is 1. The second kappa shape index (κ2) is 7.98. The molecule has 2 aromatic rings. The SMILES string of the molecule is O=C(/C=C/c1ccsc1)NCCC(O)c1cccc(Cl)c1. The molecule has 0 aliphatic rings. The molecular formula is C16H16ClNO2S. The Bertz CT molecular complexity index is 610. The highest BCUT2D eigenvalue weighted by molar-refractivity contribution is 7.08. The molecule has 1 aromatic heterocycles. The molecule has 0 aliphatic carbocycles. The summed E-state index contributed by atoms with van der Waals surface area (Å²) in [6.07, 6.45) is 3.07. The first kappa shape index (κ1) is 15.8. The molecule has 21 heavy (non-hydrogen) atoms. The summed E-state index contributed by atoms with van der Waals surface area (Å²) >= 11 is 7.46.